The molecular formula is C14H21Cl2N3O. The third-order valence-corrected chi connectivity index (χ3v) is 3.09. The topological polar surface area (TPSA) is 45.2 Å². The maximum absolute atomic E-state index is 12.2. The van der Waals surface area contributed by atoms with E-state index in [-0.39, 0.29) is 22.3 Å². The summed E-state index contributed by atoms with van der Waals surface area (Å²) in [5, 5.41) is 3.46. The highest BCUT2D eigenvalue weighted by Gasteiger charge is 2.17. The lowest BCUT2D eigenvalue weighted by molar-refractivity contribution is 0.0924. The molecule has 0 aromatic carbocycles. The van der Waals surface area contributed by atoms with Crippen molar-refractivity contribution in [3.8, 4) is 0 Å². The van der Waals surface area contributed by atoms with Gasteiger partial charge in [-0.1, -0.05) is 37.0 Å². The number of pyridine rings is 1. The van der Waals surface area contributed by atoms with Crippen LogP contribution in [0, 0.1) is 5.92 Å². The molecular weight excluding hydrogens is 297 g/mol. The molecule has 4 nitrogen and oxygen atoms in total. The van der Waals surface area contributed by atoms with Crippen LogP contribution in [0.2, 0.25) is 10.3 Å². The van der Waals surface area contributed by atoms with Crippen molar-refractivity contribution in [2.24, 2.45) is 5.92 Å². The van der Waals surface area contributed by atoms with Crippen LogP contribution in [-0.4, -0.2) is 42.5 Å². The molecule has 1 aromatic rings. The van der Waals surface area contributed by atoms with Crippen LogP contribution in [0.5, 0.6) is 0 Å². The molecule has 1 amide bonds. The van der Waals surface area contributed by atoms with Crippen LogP contribution < -0.4 is 5.32 Å². The first kappa shape index (κ1) is 17.2. The van der Waals surface area contributed by atoms with E-state index >= 15 is 0 Å². The van der Waals surface area contributed by atoms with E-state index in [1.54, 1.807) is 0 Å². The minimum atomic E-state index is -0.177. The summed E-state index contributed by atoms with van der Waals surface area (Å²) in [4.78, 5) is 18.1. The summed E-state index contributed by atoms with van der Waals surface area (Å²) in [7, 11) is 3.97. The summed E-state index contributed by atoms with van der Waals surface area (Å²) in [6.07, 6.45) is 0.913. The molecule has 0 radical (unpaired) electrons. The summed E-state index contributed by atoms with van der Waals surface area (Å²) in [6.45, 7) is 5.06. The van der Waals surface area contributed by atoms with E-state index in [9.17, 15) is 4.79 Å². The Labute approximate surface area is 130 Å². The fourth-order valence-corrected chi connectivity index (χ4v) is 2.51. The molecule has 1 aromatic heterocycles. The first-order valence-electron chi connectivity index (χ1n) is 6.56. The zero-order valence-corrected chi connectivity index (χ0v) is 13.8. The van der Waals surface area contributed by atoms with Crippen molar-refractivity contribution in [3.63, 3.8) is 0 Å². The summed E-state index contributed by atoms with van der Waals surface area (Å²) < 4.78 is 0. The highest BCUT2D eigenvalue weighted by atomic mass is 35.5. The fraction of sp³-hybridized carbons (Fsp3) is 0.571. The molecule has 0 saturated heterocycles. The number of amides is 1. The summed E-state index contributed by atoms with van der Waals surface area (Å²) >= 11 is 11.6. The molecule has 20 heavy (non-hydrogen) atoms. The van der Waals surface area contributed by atoms with Gasteiger partial charge in [0.15, 0.2) is 0 Å². The summed E-state index contributed by atoms with van der Waals surface area (Å²) in [5.74, 6) is 0.327. The molecule has 0 spiro atoms. The van der Waals surface area contributed by atoms with E-state index < -0.39 is 0 Å². The standard InChI is InChI=1S/C14H21Cl2N3O/c1-9(2)5-11(8-19(3)4)17-14(20)10-6-12(15)18-13(16)7-10/h6-7,9,11H,5,8H2,1-4H3,(H,17,20). The van der Waals surface area contributed by atoms with E-state index in [1.165, 1.54) is 12.1 Å². The van der Waals surface area contributed by atoms with Gasteiger partial charge >= 0.3 is 0 Å². The van der Waals surface area contributed by atoms with E-state index in [2.05, 4.69) is 29.0 Å². The summed E-state index contributed by atoms with van der Waals surface area (Å²) in [5.41, 5.74) is 0.433. The molecule has 0 saturated carbocycles. The van der Waals surface area contributed by atoms with Crippen molar-refractivity contribution in [1.82, 2.24) is 15.2 Å². The van der Waals surface area contributed by atoms with Gasteiger partial charge in [0.05, 0.1) is 0 Å². The SMILES string of the molecule is CC(C)CC(CN(C)C)NC(=O)c1cc(Cl)nc(Cl)c1. The Morgan fingerprint density at radius 3 is 2.30 bits per heavy atom. The Morgan fingerprint density at radius 1 is 1.30 bits per heavy atom. The molecule has 0 aliphatic carbocycles. The first-order chi connectivity index (χ1) is 9.27. The van der Waals surface area contributed by atoms with Crippen LogP contribution in [0.15, 0.2) is 12.1 Å². The van der Waals surface area contributed by atoms with Crippen molar-refractivity contribution >= 4 is 29.1 Å². The van der Waals surface area contributed by atoms with Crippen molar-refractivity contribution < 1.29 is 4.79 Å². The Hall–Kier alpha value is -0.840. The largest absolute Gasteiger partial charge is 0.348 e. The minimum Gasteiger partial charge on any atom is -0.348 e. The number of rotatable bonds is 6. The normalized spacial score (nSPS) is 12.8. The smallest absolute Gasteiger partial charge is 0.251 e. The number of hydrogen-bond donors (Lipinski definition) is 1. The molecule has 112 valence electrons. The van der Waals surface area contributed by atoms with Gasteiger partial charge in [0.25, 0.3) is 5.91 Å². The predicted molar refractivity (Wildman–Crippen MR) is 83.5 cm³/mol. The van der Waals surface area contributed by atoms with Crippen molar-refractivity contribution in [2.75, 3.05) is 20.6 Å². The first-order valence-corrected chi connectivity index (χ1v) is 7.32. The number of nitrogens with one attached hydrogen (secondary N) is 1. The lowest BCUT2D eigenvalue weighted by atomic mass is 10.0. The minimum absolute atomic E-state index is 0.0863. The quantitative estimate of drug-likeness (QED) is 0.820. The highest BCUT2D eigenvalue weighted by Crippen LogP contribution is 2.15. The molecule has 1 rings (SSSR count). The molecule has 1 atom stereocenters. The maximum Gasteiger partial charge on any atom is 0.251 e. The second-order valence-corrected chi connectivity index (χ2v) is 6.34. The maximum atomic E-state index is 12.2. The van der Waals surface area contributed by atoms with Crippen LogP contribution in [0.1, 0.15) is 30.6 Å². The van der Waals surface area contributed by atoms with Gasteiger partial charge in [0.1, 0.15) is 10.3 Å². The van der Waals surface area contributed by atoms with Crippen molar-refractivity contribution in [1.29, 1.82) is 0 Å². The molecule has 0 fully saturated rings. The van der Waals surface area contributed by atoms with Crippen molar-refractivity contribution in [3.05, 3.63) is 28.0 Å². The number of aromatic nitrogens is 1. The van der Waals surface area contributed by atoms with Crippen LogP contribution >= 0.6 is 23.2 Å². The van der Waals surface area contributed by atoms with Gasteiger partial charge in [-0.2, -0.15) is 0 Å². The summed E-state index contributed by atoms with van der Waals surface area (Å²) in [6, 6.07) is 3.12. The van der Waals surface area contributed by atoms with Gasteiger partial charge in [-0.3, -0.25) is 4.79 Å². The lowest BCUT2D eigenvalue weighted by Gasteiger charge is -2.24. The van der Waals surface area contributed by atoms with E-state index in [1.807, 2.05) is 14.1 Å². The molecule has 1 N–H and O–H groups in total. The zero-order chi connectivity index (χ0) is 15.3. The number of nitrogens with zero attached hydrogens (tertiary/aromatic N) is 2. The molecule has 0 aliphatic heterocycles. The average Bonchev–Trinajstić information content (AvgIpc) is 2.25. The lowest BCUT2D eigenvalue weighted by Crippen LogP contribution is -2.42. The van der Waals surface area contributed by atoms with Crippen LogP contribution in [0.25, 0.3) is 0 Å². The second-order valence-electron chi connectivity index (χ2n) is 5.56. The Morgan fingerprint density at radius 2 is 1.85 bits per heavy atom. The number of carbonyl (C=O) groups is 1. The van der Waals surface area contributed by atoms with Crippen LogP contribution in [0.4, 0.5) is 0 Å². The fourth-order valence-electron chi connectivity index (χ4n) is 2.05. The van der Waals surface area contributed by atoms with Gasteiger partial charge < -0.3 is 10.2 Å². The second kappa shape index (κ2) is 7.81. The number of likely N-dealkylation sites (N-methyl/N-ethyl adjacent to an activating group) is 1. The molecule has 1 heterocycles. The average molecular weight is 318 g/mol. The van der Waals surface area contributed by atoms with Gasteiger partial charge in [0.2, 0.25) is 0 Å². The number of hydrogen-bond acceptors (Lipinski definition) is 3. The predicted octanol–water partition coefficient (Wildman–Crippen LogP) is 3.09. The van der Waals surface area contributed by atoms with E-state index in [0.29, 0.717) is 11.5 Å². The van der Waals surface area contributed by atoms with Gasteiger partial charge in [-0.05, 0) is 38.6 Å². The monoisotopic (exact) mass is 317 g/mol. The Kier molecular flexibility index (Phi) is 6.72. The third-order valence-electron chi connectivity index (χ3n) is 2.70. The number of carbonyl (C=O) groups excluding carboxylic acids is 1. The van der Waals surface area contributed by atoms with Crippen LogP contribution in [-0.2, 0) is 0 Å². The highest BCUT2D eigenvalue weighted by molar-refractivity contribution is 6.33. The molecule has 0 bridgehead atoms. The molecule has 1 unspecified atom stereocenters. The van der Waals surface area contributed by atoms with Gasteiger partial charge in [-0.15, -0.1) is 0 Å². The Bertz CT molecular complexity index is 433. The molecule has 0 aliphatic rings. The van der Waals surface area contributed by atoms with E-state index in [4.69, 9.17) is 23.2 Å². The number of halogens is 2. The van der Waals surface area contributed by atoms with Crippen LogP contribution in [0.3, 0.4) is 0 Å². The van der Waals surface area contributed by atoms with E-state index in [0.717, 1.165) is 13.0 Å². The molecule has 6 heteroatoms. The van der Waals surface area contributed by atoms with Crippen molar-refractivity contribution in [2.45, 2.75) is 26.3 Å². The Balaban J connectivity index is 2.78. The van der Waals surface area contributed by atoms with Gasteiger partial charge in [0, 0.05) is 18.2 Å². The third kappa shape index (κ3) is 6.07. The van der Waals surface area contributed by atoms with Gasteiger partial charge in [-0.25, -0.2) is 4.98 Å². The zero-order valence-electron chi connectivity index (χ0n) is 12.3.